The Hall–Kier alpha value is -0.370. The fraction of sp³-hybridized carbons (Fsp3) is 0.929. The van der Waals surface area contributed by atoms with Crippen LogP contribution in [0.3, 0.4) is 0 Å². The third-order valence-corrected chi connectivity index (χ3v) is 3.64. The molecule has 0 N–H and O–H groups in total. The number of nitrogens with zero attached hydrogens (tertiary/aromatic N) is 1. The molecular formula is C14H27NO. The molecule has 0 aromatic rings. The van der Waals surface area contributed by atoms with Crippen molar-refractivity contribution in [3.8, 4) is 0 Å². The molecule has 0 bridgehead atoms. The van der Waals surface area contributed by atoms with Gasteiger partial charge in [-0.2, -0.15) is 0 Å². The van der Waals surface area contributed by atoms with Crippen LogP contribution in [-0.4, -0.2) is 30.3 Å². The Balaban J connectivity index is 2.48. The number of rotatable bonds is 2. The number of hydrogen-bond donors (Lipinski definition) is 0. The highest BCUT2D eigenvalue weighted by atomic mass is 16.1. The summed E-state index contributed by atoms with van der Waals surface area (Å²) in [6.45, 7) is 13.5. The molecule has 0 amide bonds. The van der Waals surface area contributed by atoms with Crippen LogP contribution in [0.25, 0.3) is 0 Å². The Labute approximate surface area is 100 Å². The molecule has 0 saturated carbocycles. The lowest BCUT2D eigenvalue weighted by Gasteiger charge is -2.25. The molecule has 2 heteroatoms. The van der Waals surface area contributed by atoms with Gasteiger partial charge in [-0.3, -0.25) is 9.69 Å². The molecular weight excluding hydrogens is 198 g/mol. The number of carbonyl (C=O) groups excluding carboxylic acids is 1. The summed E-state index contributed by atoms with van der Waals surface area (Å²) in [4.78, 5) is 14.3. The molecule has 0 radical (unpaired) electrons. The van der Waals surface area contributed by atoms with Crippen LogP contribution in [0.15, 0.2) is 0 Å². The highest BCUT2D eigenvalue weighted by molar-refractivity contribution is 5.85. The zero-order valence-corrected chi connectivity index (χ0v) is 11.6. The Morgan fingerprint density at radius 3 is 2.38 bits per heavy atom. The average Bonchev–Trinajstić information content (AvgIpc) is 2.26. The van der Waals surface area contributed by atoms with Gasteiger partial charge < -0.3 is 0 Å². The molecule has 0 unspecified atom stereocenters. The Morgan fingerprint density at radius 1 is 1.19 bits per heavy atom. The van der Waals surface area contributed by atoms with Gasteiger partial charge in [0, 0.05) is 5.41 Å². The monoisotopic (exact) mass is 225 g/mol. The van der Waals surface area contributed by atoms with Crippen LogP contribution in [0.4, 0.5) is 0 Å². The third kappa shape index (κ3) is 4.25. The van der Waals surface area contributed by atoms with Crippen LogP contribution in [-0.2, 0) is 4.79 Å². The molecule has 0 aromatic carbocycles. The Bertz CT molecular complexity index is 250. The predicted octanol–water partition coefficient (Wildman–Crippen LogP) is 3.11. The summed E-state index contributed by atoms with van der Waals surface area (Å²) in [7, 11) is 0. The van der Waals surface area contributed by atoms with E-state index in [9.17, 15) is 4.79 Å². The van der Waals surface area contributed by atoms with Crippen molar-refractivity contribution in [2.45, 2.75) is 53.9 Å². The van der Waals surface area contributed by atoms with Crippen LogP contribution >= 0.6 is 0 Å². The second-order valence-corrected chi connectivity index (χ2v) is 6.97. The van der Waals surface area contributed by atoms with E-state index in [1.165, 1.54) is 19.3 Å². The van der Waals surface area contributed by atoms with E-state index in [2.05, 4.69) is 18.7 Å². The number of hydrogen-bond acceptors (Lipinski definition) is 2. The fourth-order valence-corrected chi connectivity index (χ4v) is 2.08. The molecule has 0 aromatic heterocycles. The topological polar surface area (TPSA) is 20.3 Å². The number of carbonyl (C=O) groups is 1. The minimum atomic E-state index is -0.193. The summed E-state index contributed by atoms with van der Waals surface area (Å²) in [6.07, 6.45) is 3.72. The number of ketones is 1. The smallest absolute Gasteiger partial charge is 0.152 e. The van der Waals surface area contributed by atoms with E-state index in [0.29, 0.717) is 17.7 Å². The van der Waals surface area contributed by atoms with E-state index in [-0.39, 0.29) is 5.41 Å². The first-order valence-electron chi connectivity index (χ1n) is 6.46. The van der Waals surface area contributed by atoms with Gasteiger partial charge in [0.05, 0.1) is 6.54 Å². The van der Waals surface area contributed by atoms with E-state index in [4.69, 9.17) is 0 Å². The van der Waals surface area contributed by atoms with Gasteiger partial charge in [0.15, 0.2) is 5.78 Å². The van der Waals surface area contributed by atoms with Gasteiger partial charge in [0.25, 0.3) is 0 Å². The molecule has 0 spiro atoms. The summed E-state index contributed by atoms with van der Waals surface area (Å²) in [6, 6.07) is 0. The van der Waals surface area contributed by atoms with E-state index in [1.807, 2.05) is 20.8 Å². The first-order chi connectivity index (χ1) is 7.21. The minimum absolute atomic E-state index is 0.193. The largest absolute Gasteiger partial charge is 0.298 e. The van der Waals surface area contributed by atoms with Crippen LogP contribution in [0.2, 0.25) is 0 Å². The van der Waals surface area contributed by atoms with Crippen molar-refractivity contribution in [3.63, 3.8) is 0 Å². The molecule has 1 fully saturated rings. The van der Waals surface area contributed by atoms with Crippen molar-refractivity contribution >= 4 is 5.78 Å². The normalized spacial score (nSPS) is 22.8. The van der Waals surface area contributed by atoms with Crippen molar-refractivity contribution in [2.75, 3.05) is 19.6 Å². The molecule has 2 nitrogen and oxygen atoms in total. The standard InChI is InChI=1S/C14H27NO/c1-13(2,3)12(16)11-15-9-6-7-14(4,5)8-10-15/h6-11H2,1-5H3. The number of Topliss-reactive ketones (excluding diaryl/α,β-unsaturated/α-hetero) is 1. The molecule has 1 heterocycles. The molecule has 0 atom stereocenters. The number of likely N-dealkylation sites (tertiary alicyclic amines) is 1. The van der Waals surface area contributed by atoms with Crippen molar-refractivity contribution in [1.29, 1.82) is 0 Å². The van der Waals surface area contributed by atoms with Gasteiger partial charge in [0.1, 0.15) is 0 Å². The van der Waals surface area contributed by atoms with E-state index >= 15 is 0 Å². The first-order valence-corrected chi connectivity index (χ1v) is 6.46. The maximum atomic E-state index is 12.0. The maximum Gasteiger partial charge on any atom is 0.152 e. The lowest BCUT2D eigenvalue weighted by atomic mass is 9.85. The third-order valence-electron chi connectivity index (χ3n) is 3.64. The van der Waals surface area contributed by atoms with Gasteiger partial charge in [-0.05, 0) is 37.8 Å². The summed E-state index contributed by atoms with van der Waals surface area (Å²) < 4.78 is 0. The van der Waals surface area contributed by atoms with Crippen molar-refractivity contribution in [3.05, 3.63) is 0 Å². The lowest BCUT2D eigenvalue weighted by molar-refractivity contribution is -0.127. The fourth-order valence-electron chi connectivity index (χ4n) is 2.08. The highest BCUT2D eigenvalue weighted by Gasteiger charge is 2.27. The van der Waals surface area contributed by atoms with Crippen molar-refractivity contribution < 1.29 is 4.79 Å². The molecule has 94 valence electrons. The second-order valence-electron chi connectivity index (χ2n) is 6.97. The zero-order valence-electron chi connectivity index (χ0n) is 11.6. The van der Waals surface area contributed by atoms with Gasteiger partial charge in [-0.25, -0.2) is 0 Å². The second kappa shape index (κ2) is 4.87. The van der Waals surface area contributed by atoms with Crippen molar-refractivity contribution in [1.82, 2.24) is 4.90 Å². The average molecular weight is 225 g/mol. The van der Waals surface area contributed by atoms with Gasteiger partial charge in [0.2, 0.25) is 0 Å². The predicted molar refractivity (Wildman–Crippen MR) is 68.5 cm³/mol. The summed E-state index contributed by atoms with van der Waals surface area (Å²) in [5.41, 5.74) is 0.265. The highest BCUT2D eigenvalue weighted by Crippen LogP contribution is 2.30. The molecule has 1 aliphatic rings. The van der Waals surface area contributed by atoms with E-state index < -0.39 is 0 Å². The summed E-state index contributed by atoms with van der Waals surface area (Å²) >= 11 is 0. The van der Waals surface area contributed by atoms with Gasteiger partial charge in [-0.1, -0.05) is 34.6 Å². The molecule has 0 aliphatic carbocycles. The first kappa shape index (κ1) is 13.7. The molecule has 1 aliphatic heterocycles. The Morgan fingerprint density at radius 2 is 1.81 bits per heavy atom. The maximum absolute atomic E-state index is 12.0. The Kier molecular flexibility index (Phi) is 4.17. The molecule has 1 saturated heterocycles. The molecule has 1 rings (SSSR count). The quantitative estimate of drug-likeness (QED) is 0.719. The minimum Gasteiger partial charge on any atom is -0.298 e. The molecule has 16 heavy (non-hydrogen) atoms. The van der Waals surface area contributed by atoms with Crippen LogP contribution < -0.4 is 0 Å². The summed E-state index contributed by atoms with van der Waals surface area (Å²) in [5.74, 6) is 0.368. The van der Waals surface area contributed by atoms with E-state index in [1.54, 1.807) is 0 Å². The SMILES string of the molecule is CC1(C)CCCN(CC(=O)C(C)(C)C)CC1. The van der Waals surface area contributed by atoms with Crippen molar-refractivity contribution in [2.24, 2.45) is 10.8 Å². The zero-order chi connectivity index (χ0) is 12.4. The lowest BCUT2D eigenvalue weighted by Crippen LogP contribution is -2.36. The van der Waals surface area contributed by atoms with Crippen LogP contribution in [0, 0.1) is 10.8 Å². The van der Waals surface area contributed by atoms with Crippen LogP contribution in [0.1, 0.15) is 53.9 Å². The van der Waals surface area contributed by atoms with Gasteiger partial charge in [-0.15, -0.1) is 0 Å². The van der Waals surface area contributed by atoms with E-state index in [0.717, 1.165) is 13.1 Å². The summed E-state index contributed by atoms with van der Waals surface area (Å²) in [5, 5.41) is 0. The van der Waals surface area contributed by atoms with Crippen LogP contribution in [0.5, 0.6) is 0 Å². The van der Waals surface area contributed by atoms with Gasteiger partial charge >= 0.3 is 0 Å².